The first-order valence-corrected chi connectivity index (χ1v) is 9.31. The van der Waals surface area contributed by atoms with Gasteiger partial charge in [-0.05, 0) is 55.4 Å². The standard InChI is InChI=1S/C19H21N5O4/c1-11(25)22-14-4-6-15(7-5-14)28-19-17(24(26)27)18(20-10-21-19)23-16-9-12-2-3-13(16)8-12/h4-7,10,12-13,16H,2-3,8-9H2,1H3,(H,22,25)(H,20,21,23). The molecule has 2 aliphatic carbocycles. The Hall–Kier alpha value is -3.23. The van der Waals surface area contributed by atoms with E-state index in [1.807, 2.05) is 0 Å². The van der Waals surface area contributed by atoms with E-state index in [0.717, 1.165) is 12.8 Å². The molecule has 0 aliphatic heterocycles. The number of ether oxygens (including phenoxy) is 1. The first kappa shape index (κ1) is 18.1. The minimum Gasteiger partial charge on any atom is -0.434 e. The molecule has 2 aliphatic rings. The number of aromatic nitrogens is 2. The van der Waals surface area contributed by atoms with Crippen LogP contribution in [0.15, 0.2) is 30.6 Å². The normalized spacial score (nSPS) is 22.7. The zero-order valence-electron chi connectivity index (χ0n) is 15.4. The first-order valence-electron chi connectivity index (χ1n) is 9.31. The number of carbonyl (C=O) groups is 1. The van der Waals surface area contributed by atoms with Crippen molar-refractivity contribution in [3.8, 4) is 11.6 Å². The molecule has 9 nitrogen and oxygen atoms in total. The van der Waals surface area contributed by atoms with Gasteiger partial charge >= 0.3 is 11.6 Å². The van der Waals surface area contributed by atoms with Crippen LogP contribution in [0.5, 0.6) is 11.6 Å². The number of nitrogens with zero attached hydrogens (tertiary/aromatic N) is 3. The monoisotopic (exact) mass is 383 g/mol. The van der Waals surface area contributed by atoms with Crippen molar-refractivity contribution < 1.29 is 14.5 Å². The third kappa shape index (κ3) is 3.73. The summed E-state index contributed by atoms with van der Waals surface area (Å²) >= 11 is 0. The van der Waals surface area contributed by atoms with Crippen LogP contribution in [0.4, 0.5) is 17.2 Å². The van der Waals surface area contributed by atoms with Gasteiger partial charge in [-0.25, -0.2) is 4.98 Å². The lowest BCUT2D eigenvalue weighted by molar-refractivity contribution is -0.385. The van der Waals surface area contributed by atoms with Crippen molar-refractivity contribution in [2.45, 2.75) is 38.6 Å². The van der Waals surface area contributed by atoms with Gasteiger partial charge in [0, 0.05) is 18.7 Å². The van der Waals surface area contributed by atoms with Crippen molar-refractivity contribution in [2.75, 3.05) is 10.6 Å². The van der Waals surface area contributed by atoms with Gasteiger partial charge in [0.15, 0.2) is 0 Å². The Kier molecular flexibility index (Phi) is 4.81. The Balaban J connectivity index is 1.55. The molecule has 3 unspecified atom stereocenters. The molecule has 146 valence electrons. The van der Waals surface area contributed by atoms with Gasteiger partial charge in [-0.3, -0.25) is 14.9 Å². The van der Waals surface area contributed by atoms with Crippen LogP contribution in [-0.2, 0) is 4.79 Å². The van der Waals surface area contributed by atoms with Crippen LogP contribution in [0.1, 0.15) is 32.6 Å². The lowest BCUT2D eigenvalue weighted by Crippen LogP contribution is -2.26. The second-order valence-electron chi connectivity index (χ2n) is 7.37. The Morgan fingerprint density at radius 3 is 2.61 bits per heavy atom. The average molecular weight is 383 g/mol. The number of rotatable bonds is 6. The average Bonchev–Trinajstić information content (AvgIpc) is 3.26. The van der Waals surface area contributed by atoms with Crippen LogP contribution < -0.4 is 15.4 Å². The minimum absolute atomic E-state index is 0.113. The van der Waals surface area contributed by atoms with Gasteiger partial charge < -0.3 is 15.4 Å². The second-order valence-corrected chi connectivity index (χ2v) is 7.37. The van der Waals surface area contributed by atoms with E-state index >= 15 is 0 Å². The second kappa shape index (κ2) is 7.41. The number of anilines is 2. The number of nitro groups is 1. The molecule has 0 saturated heterocycles. The maximum atomic E-state index is 11.7. The predicted octanol–water partition coefficient (Wildman–Crippen LogP) is 3.74. The number of hydrogen-bond acceptors (Lipinski definition) is 7. The highest BCUT2D eigenvalue weighted by atomic mass is 16.6. The molecule has 2 bridgehead atoms. The summed E-state index contributed by atoms with van der Waals surface area (Å²) in [6.45, 7) is 1.42. The zero-order chi connectivity index (χ0) is 19.7. The number of carbonyl (C=O) groups excluding carboxylic acids is 1. The molecule has 1 aromatic carbocycles. The summed E-state index contributed by atoms with van der Waals surface area (Å²) in [4.78, 5) is 30.3. The topological polar surface area (TPSA) is 119 Å². The van der Waals surface area contributed by atoms with E-state index in [1.165, 1.54) is 26.1 Å². The molecule has 1 heterocycles. The van der Waals surface area contributed by atoms with Crippen molar-refractivity contribution in [1.29, 1.82) is 0 Å². The fraction of sp³-hybridized carbons (Fsp3) is 0.421. The van der Waals surface area contributed by atoms with Crippen LogP contribution in [0.25, 0.3) is 0 Å². The molecular formula is C19H21N5O4. The number of hydrogen-bond donors (Lipinski definition) is 2. The number of amides is 1. The summed E-state index contributed by atoms with van der Waals surface area (Å²) in [7, 11) is 0. The molecule has 1 amide bonds. The molecule has 0 radical (unpaired) electrons. The van der Waals surface area contributed by atoms with E-state index in [-0.39, 0.29) is 29.3 Å². The molecular weight excluding hydrogens is 362 g/mol. The fourth-order valence-electron chi connectivity index (χ4n) is 4.23. The summed E-state index contributed by atoms with van der Waals surface area (Å²) in [6.07, 6.45) is 5.87. The minimum atomic E-state index is -0.517. The number of nitrogens with one attached hydrogen (secondary N) is 2. The molecule has 0 spiro atoms. The van der Waals surface area contributed by atoms with Gasteiger partial charge in [-0.15, -0.1) is 0 Å². The van der Waals surface area contributed by atoms with Crippen LogP contribution >= 0.6 is 0 Å². The Morgan fingerprint density at radius 2 is 2.00 bits per heavy atom. The summed E-state index contributed by atoms with van der Waals surface area (Å²) in [5, 5.41) is 17.6. The fourth-order valence-corrected chi connectivity index (χ4v) is 4.23. The van der Waals surface area contributed by atoms with E-state index in [4.69, 9.17) is 4.74 Å². The van der Waals surface area contributed by atoms with E-state index < -0.39 is 4.92 Å². The van der Waals surface area contributed by atoms with E-state index in [2.05, 4.69) is 20.6 Å². The van der Waals surface area contributed by atoms with Crippen LogP contribution in [0, 0.1) is 22.0 Å². The van der Waals surface area contributed by atoms with Crippen molar-refractivity contribution >= 4 is 23.1 Å². The van der Waals surface area contributed by atoms with E-state index in [9.17, 15) is 14.9 Å². The number of fused-ring (bicyclic) bond motifs is 2. The molecule has 2 saturated carbocycles. The molecule has 2 aromatic rings. The summed E-state index contributed by atoms with van der Waals surface area (Å²) in [5.74, 6) is 1.53. The maximum absolute atomic E-state index is 11.7. The highest BCUT2D eigenvalue weighted by Gasteiger charge is 2.40. The van der Waals surface area contributed by atoms with Crippen molar-refractivity contribution in [1.82, 2.24) is 9.97 Å². The highest BCUT2D eigenvalue weighted by Crippen LogP contribution is 2.46. The smallest absolute Gasteiger partial charge is 0.373 e. The van der Waals surface area contributed by atoms with Gasteiger partial charge in [0.2, 0.25) is 11.7 Å². The van der Waals surface area contributed by atoms with Gasteiger partial charge in [-0.2, -0.15) is 4.98 Å². The van der Waals surface area contributed by atoms with Crippen molar-refractivity contribution in [2.24, 2.45) is 11.8 Å². The molecule has 28 heavy (non-hydrogen) atoms. The molecule has 9 heteroatoms. The Labute approximate surface area is 161 Å². The predicted molar refractivity (Wildman–Crippen MR) is 102 cm³/mol. The lowest BCUT2D eigenvalue weighted by Gasteiger charge is -2.23. The largest absolute Gasteiger partial charge is 0.434 e. The summed E-state index contributed by atoms with van der Waals surface area (Å²) < 4.78 is 5.65. The van der Waals surface area contributed by atoms with Crippen LogP contribution in [0.3, 0.4) is 0 Å². The lowest BCUT2D eigenvalue weighted by atomic mass is 9.95. The third-order valence-corrected chi connectivity index (χ3v) is 5.42. The third-order valence-electron chi connectivity index (χ3n) is 5.42. The highest BCUT2D eigenvalue weighted by molar-refractivity contribution is 5.88. The summed E-state index contributed by atoms with van der Waals surface area (Å²) in [5.41, 5.74) is 0.340. The van der Waals surface area contributed by atoms with Crippen LogP contribution in [-0.4, -0.2) is 26.8 Å². The zero-order valence-corrected chi connectivity index (χ0v) is 15.4. The molecule has 2 N–H and O–H groups in total. The molecule has 3 atom stereocenters. The van der Waals surface area contributed by atoms with Crippen LogP contribution in [0.2, 0.25) is 0 Å². The van der Waals surface area contributed by atoms with Gasteiger partial charge in [0.25, 0.3) is 0 Å². The van der Waals surface area contributed by atoms with E-state index in [0.29, 0.717) is 23.3 Å². The van der Waals surface area contributed by atoms with Gasteiger partial charge in [-0.1, -0.05) is 6.42 Å². The molecule has 1 aromatic heterocycles. The Morgan fingerprint density at radius 1 is 1.21 bits per heavy atom. The summed E-state index contributed by atoms with van der Waals surface area (Å²) in [6, 6.07) is 6.73. The molecule has 4 rings (SSSR count). The van der Waals surface area contributed by atoms with Gasteiger partial charge in [0.05, 0.1) is 4.92 Å². The van der Waals surface area contributed by atoms with E-state index in [1.54, 1.807) is 24.3 Å². The first-order chi connectivity index (χ1) is 13.5. The number of benzene rings is 1. The molecule has 2 fully saturated rings. The SMILES string of the molecule is CC(=O)Nc1ccc(Oc2ncnc(NC3CC4CCC3C4)c2[N+](=O)[O-])cc1. The van der Waals surface area contributed by atoms with Crippen molar-refractivity contribution in [3.63, 3.8) is 0 Å². The van der Waals surface area contributed by atoms with Crippen molar-refractivity contribution in [3.05, 3.63) is 40.7 Å². The van der Waals surface area contributed by atoms with Gasteiger partial charge in [0.1, 0.15) is 12.1 Å². The Bertz CT molecular complexity index is 902. The maximum Gasteiger partial charge on any atom is 0.373 e. The quantitative estimate of drug-likeness (QED) is 0.576.